The molecule has 0 saturated heterocycles. The van der Waals surface area contributed by atoms with Crippen molar-refractivity contribution in [3.05, 3.63) is 70.9 Å². The fourth-order valence-corrected chi connectivity index (χ4v) is 3.11. The number of hydrogen-bond acceptors (Lipinski definition) is 2. The summed E-state index contributed by atoms with van der Waals surface area (Å²) in [4.78, 5) is 29.4. The van der Waals surface area contributed by atoms with E-state index in [1.807, 2.05) is 0 Å². The topological polar surface area (TPSA) is 53.2 Å². The summed E-state index contributed by atoms with van der Waals surface area (Å²) in [7, 11) is 1.32. The maximum Gasteiger partial charge on any atom is 0.416 e. The minimum absolute atomic E-state index is 0.0655. The summed E-state index contributed by atoms with van der Waals surface area (Å²) >= 11 is 0. The summed E-state index contributed by atoms with van der Waals surface area (Å²) < 4.78 is 39.4. The van der Waals surface area contributed by atoms with Gasteiger partial charge in [-0.2, -0.15) is 13.2 Å². The summed E-state index contributed by atoms with van der Waals surface area (Å²) in [6, 6.07) is 12.1. The Kier molecular flexibility index (Phi) is 4.78. The molecule has 1 heterocycles. The van der Waals surface area contributed by atoms with Crippen LogP contribution in [0.2, 0.25) is 0 Å². The third-order valence-corrected chi connectivity index (χ3v) is 4.39. The van der Waals surface area contributed by atoms with Crippen LogP contribution >= 0.6 is 0 Å². The van der Waals surface area contributed by atoms with Crippen LogP contribution < -0.4 is 0 Å². The number of nitrogens with zero attached hydrogens (tertiary/aromatic N) is 1. The van der Waals surface area contributed by atoms with Gasteiger partial charge >= 0.3 is 6.18 Å². The maximum absolute atomic E-state index is 13.1. The second kappa shape index (κ2) is 6.90. The number of fused-ring (bicyclic) bond motifs is 1. The highest BCUT2D eigenvalue weighted by atomic mass is 19.4. The zero-order valence-electron chi connectivity index (χ0n) is 14.7. The molecule has 1 amide bonds. The van der Waals surface area contributed by atoms with Crippen molar-refractivity contribution in [3.8, 4) is 0 Å². The number of benzene rings is 2. The van der Waals surface area contributed by atoms with Crippen molar-refractivity contribution in [3.63, 3.8) is 0 Å². The Morgan fingerprint density at radius 3 is 2.37 bits per heavy atom. The van der Waals surface area contributed by atoms with E-state index in [1.165, 1.54) is 25.2 Å². The monoisotopic (exact) mass is 374 g/mol. The molecule has 0 aliphatic heterocycles. The average Bonchev–Trinajstić information content (AvgIpc) is 2.95. The largest absolute Gasteiger partial charge is 0.416 e. The van der Waals surface area contributed by atoms with Gasteiger partial charge in [-0.05, 0) is 24.6 Å². The van der Waals surface area contributed by atoms with Gasteiger partial charge in [-0.25, -0.2) is 0 Å². The SMILES string of the molecule is Cc1[nH]c2ccccc2c1C(=O)C(=O)N(C)Cc1ccccc1C(F)(F)F. The van der Waals surface area contributed by atoms with Crippen molar-refractivity contribution in [1.29, 1.82) is 0 Å². The van der Waals surface area contributed by atoms with Crippen LogP contribution in [0.4, 0.5) is 13.2 Å². The van der Waals surface area contributed by atoms with Gasteiger partial charge in [0.2, 0.25) is 0 Å². The third-order valence-electron chi connectivity index (χ3n) is 4.39. The number of nitrogens with one attached hydrogen (secondary N) is 1. The second-order valence-electron chi connectivity index (χ2n) is 6.32. The first-order chi connectivity index (χ1) is 12.7. The molecule has 0 aliphatic rings. The maximum atomic E-state index is 13.1. The number of hydrogen-bond donors (Lipinski definition) is 1. The van der Waals surface area contributed by atoms with E-state index in [0.29, 0.717) is 11.1 Å². The summed E-state index contributed by atoms with van der Waals surface area (Å²) in [5, 5.41) is 0.609. The van der Waals surface area contributed by atoms with Crippen LogP contribution in [0.15, 0.2) is 48.5 Å². The average molecular weight is 374 g/mol. The summed E-state index contributed by atoms with van der Waals surface area (Å²) in [6.07, 6.45) is -4.53. The molecule has 0 unspecified atom stereocenters. The summed E-state index contributed by atoms with van der Waals surface area (Å²) in [5.74, 6) is -1.61. The molecule has 27 heavy (non-hydrogen) atoms. The summed E-state index contributed by atoms with van der Waals surface area (Å²) in [5.41, 5.74) is 0.617. The van der Waals surface area contributed by atoms with Gasteiger partial charge in [0.25, 0.3) is 11.7 Å². The van der Waals surface area contributed by atoms with E-state index in [2.05, 4.69) is 4.98 Å². The van der Waals surface area contributed by atoms with Gasteiger partial charge in [-0.1, -0.05) is 36.4 Å². The highest BCUT2D eigenvalue weighted by Crippen LogP contribution is 2.32. The zero-order valence-corrected chi connectivity index (χ0v) is 14.7. The third kappa shape index (κ3) is 3.58. The van der Waals surface area contributed by atoms with Crippen LogP contribution in [0.25, 0.3) is 10.9 Å². The number of carbonyl (C=O) groups excluding carboxylic acids is 2. The number of amides is 1. The molecule has 1 N–H and O–H groups in total. The number of halogens is 3. The fraction of sp³-hybridized carbons (Fsp3) is 0.200. The number of para-hydroxylation sites is 1. The standard InChI is InChI=1S/C20H17F3N2O2/c1-12-17(14-8-4-6-10-16(14)24-12)18(26)19(27)25(2)11-13-7-3-5-9-15(13)20(21,22)23/h3-10,24H,11H2,1-2H3. The lowest BCUT2D eigenvalue weighted by Gasteiger charge is -2.19. The molecule has 140 valence electrons. The molecule has 0 fully saturated rings. The smallest absolute Gasteiger partial charge is 0.358 e. The predicted octanol–water partition coefficient (Wildman–Crippen LogP) is 4.34. The molecule has 4 nitrogen and oxygen atoms in total. The number of aromatic amines is 1. The number of aromatic nitrogens is 1. The fourth-order valence-electron chi connectivity index (χ4n) is 3.11. The number of rotatable bonds is 4. The van der Waals surface area contributed by atoms with Crippen molar-refractivity contribution < 1.29 is 22.8 Å². The molecule has 1 aromatic heterocycles. The Labute approximate surface area is 153 Å². The Bertz CT molecular complexity index is 1020. The molecule has 3 aromatic rings. The van der Waals surface area contributed by atoms with E-state index in [-0.39, 0.29) is 17.7 Å². The van der Waals surface area contributed by atoms with Crippen molar-refractivity contribution in [2.45, 2.75) is 19.6 Å². The molecular formula is C20H17F3N2O2. The first-order valence-electron chi connectivity index (χ1n) is 8.22. The first-order valence-corrected chi connectivity index (χ1v) is 8.22. The zero-order chi connectivity index (χ0) is 19.8. The lowest BCUT2D eigenvalue weighted by molar-refractivity contribution is -0.139. The minimum Gasteiger partial charge on any atom is -0.358 e. The molecule has 0 aliphatic carbocycles. The molecule has 0 saturated carbocycles. The molecule has 0 spiro atoms. The van der Waals surface area contributed by atoms with Crippen molar-refractivity contribution in [2.75, 3.05) is 7.05 Å². The number of aryl methyl sites for hydroxylation is 1. The number of alkyl halides is 3. The predicted molar refractivity (Wildman–Crippen MR) is 95.3 cm³/mol. The molecule has 3 rings (SSSR count). The van der Waals surface area contributed by atoms with Gasteiger partial charge < -0.3 is 9.88 Å². The summed E-state index contributed by atoms with van der Waals surface area (Å²) in [6.45, 7) is 1.36. The first kappa shape index (κ1) is 18.7. The van der Waals surface area contributed by atoms with E-state index in [9.17, 15) is 22.8 Å². The van der Waals surface area contributed by atoms with E-state index in [4.69, 9.17) is 0 Å². The molecular weight excluding hydrogens is 357 g/mol. The quantitative estimate of drug-likeness (QED) is 0.546. The van der Waals surface area contributed by atoms with Crippen molar-refractivity contribution in [2.24, 2.45) is 0 Å². The molecule has 2 aromatic carbocycles. The van der Waals surface area contributed by atoms with Gasteiger partial charge in [0.15, 0.2) is 0 Å². The van der Waals surface area contributed by atoms with Crippen LogP contribution in [0.5, 0.6) is 0 Å². The van der Waals surface area contributed by atoms with Crippen LogP contribution in [0.1, 0.15) is 27.2 Å². The van der Waals surface area contributed by atoms with Crippen LogP contribution in [0.3, 0.4) is 0 Å². The number of likely N-dealkylation sites (N-methyl/N-ethyl adjacent to an activating group) is 1. The van der Waals surface area contributed by atoms with Crippen LogP contribution in [-0.4, -0.2) is 28.6 Å². The lowest BCUT2D eigenvalue weighted by Crippen LogP contribution is -2.33. The van der Waals surface area contributed by atoms with Gasteiger partial charge in [-0.3, -0.25) is 9.59 Å². The number of ketones is 1. The normalized spacial score (nSPS) is 11.6. The highest BCUT2D eigenvalue weighted by molar-refractivity contribution is 6.45. The van der Waals surface area contributed by atoms with E-state index in [0.717, 1.165) is 16.5 Å². The van der Waals surface area contributed by atoms with E-state index >= 15 is 0 Å². The van der Waals surface area contributed by atoms with Gasteiger partial charge in [0.05, 0.1) is 11.1 Å². The Morgan fingerprint density at radius 2 is 1.67 bits per heavy atom. The van der Waals surface area contributed by atoms with Gasteiger partial charge in [0.1, 0.15) is 0 Å². The number of Topliss-reactive ketones (excluding diaryl/α,β-unsaturated/α-hetero) is 1. The molecule has 0 atom stereocenters. The van der Waals surface area contributed by atoms with Crippen LogP contribution in [0, 0.1) is 6.92 Å². The Balaban J connectivity index is 1.88. The second-order valence-corrected chi connectivity index (χ2v) is 6.32. The van der Waals surface area contributed by atoms with Crippen molar-refractivity contribution in [1.82, 2.24) is 9.88 Å². The molecule has 0 radical (unpaired) electrons. The lowest BCUT2D eigenvalue weighted by atomic mass is 10.0. The van der Waals surface area contributed by atoms with Gasteiger partial charge in [0, 0.05) is 30.2 Å². The van der Waals surface area contributed by atoms with E-state index in [1.54, 1.807) is 31.2 Å². The minimum atomic E-state index is -4.53. The molecule has 7 heteroatoms. The molecule has 0 bridgehead atoms. The van der Waals surface area contributed by atoms with Gasteiger partial charge in [-0.15, -0.1) is 0 Å². The van der Waals surface area contributed by atoms with E-state index < -0.39 is 23.4 Å². The Morgan fingerprint density at radius 1 is 1.04 bits per heavy atom. The van der Waals surface area contributed by atoms with Crippen LogP contribution in [-0.2, 0) is 17.5 Å². The highest BCUT2D eigenvalue weighted by Gasteiger charge is 2.34. The number of carbonyl (C=O) groups is 2. The number of H-pyrrole nitrogens is 1. The Hall–Kier alpha value is -3.09. The van der Waals surface area contributed by atoms with Crippen molar-refractivity contribution >= 4 is 22.6 Å².